The summed E-state index contributed by atoms with van der Waals surface area (Å²) in [6.45, 7) is 5.57. The first-order valence-corrected chi connectivity index (χ1v) is 6.51. The molecule has 2 N–H and O–H groups in total. The second kappa shape index (κ2) is 5.00. The Bertz CT molecular complexity index is 396. The van der Waals surface area contributed by atoms with Crippen LogP contribution in [0.25, 0.3) is 0 Å². The van der Waals surface area contributed by atoms with Gasteiger partial charge in [-0.2, -0.15) is 0 Å². The van der Waals surface area contributed by atoms with Gasteiger partial charge >= 0.3 is 0 Å². The molecule has 0 aliphatic heterocycles. The number of thiocarbonyl (C=S) groups is 1. The van der Waals surface area contributed by atoms with Gasteiger partial charge in [-0.15, -0.1) is 0 Å². The third-order valence-electron chi connectivity index (χ3n) is 2.88. The van der Waals surface area contributed by atoms with E-state index in [0.717, 1.165) is 6.54 Å². The first kappa shape index (κ1) is 12.3. The van der Waals surface area contributed by atoms with Crippen molar-refractivity contribution in [3.05, 3.63) is 24.0 Å². The normalized spacial score (nSPS) is 15.0. The molecule has 0 radical (unpaired) electrons. The summed E-state index contributed by atoms with van der Waals surface area (Å²) in [5.41, 5.74) is 7.43. The van der Waals surface area contributed by atoms with Gasteiger partial charge in [0.25, 0.3) is 0 Å². The fraction of sp³-hybridized carbons (Fsp3) is 0.538. The number of nitrogens with two attached hydrogens (primary N) is 1. The van der Waals surface area contributed by atoms with Crippen LogP contribution in [0.4, 0.5) is 5.69 Å². The summed E-state index contributed by atoms with van der Waals surface area (Å²) < 4.78 is 0. The zero-order valence-electron chi connectivity index (χ0n) is 10.4. The van der Waals surface area contributed by atoms with Crippen molar-refractivity contribution in [2.75, 3.05) is 11.4 Å². The van der Waals surface area contributed by atoms with Crippen molar-refractivity contribution in [1.82, 2.24) is 4.98 Å². The van der Waals surface area contributed by atoms with Gasteiger partial charge in [0.05, 0.1) is 17.6 Å². The van der Waals surface area contributed by atoms with Crippen LogP contribution in [-0.4, -0.2) is 22.6 Å². The average Bonchev–Trinajstić information content (AvgIpc) is 3.09. The van der Waals surface area contributed by atoms with Crippen molar-refractivity contribution in [1.29, 1.82) is 0 Å². The lowest BCUT2D eigenvalue weighted by molar-refractivity contribution is 0.607. The molecule has 3 nitrogen and oxygen atoms in total. The van der Waals surface area contributed by atoms with Gasteiger partial charge in [0, 0.05) is 12.6 Å². The molecule has 1 aromatic heterocycles. The number of pyridine rings is 1. The molecule has 1 aliphatic rings. The summed E-state index contributed by atoms with van der Waals surface area (Å²) >= 11 is 4.91. The third kappa shape index (κ3) is 3.16. The second-order valence-corrected chi connectivity index (χ2v) is 5.48. The van der Waals surface area contributed by atoms with E-state index in [1.54, 1.807) is 0 Å². The Morgan fingerprint density at radius 3 is 2.65 bits per heavy atom. The van der Waals surface area contributed by atoms with Gasteiger partial charge in [0.15, 0.2) is 0 Å². The van der Waals surface area contributed by atoms with E-state index in [-0.39, 0.29) is 0 Å². The maximum Gasteiger partial charge on any atom is 0.122 e. The summed E-state index contributed by atoms with van der Waals surface area (Å²) in [6.07, 6.45) is 4.47. The molecule has 4 heteroatoms. The minimum atomic E-state index is 0.360. The molecular formula is C13H19N3S. The van der Waals surface area contributed by atoms with Crippen molar-refractivity contribution in [2.24, 2.45) is 11.7 Å². The first-order valence-electron chi connectivity index (χ1n) is 6.10. The minimum absolute atomic E-state index is 0.360. The van der Waals surface area contributed by atoms with Gasteiger partial charge in [0.2, 0.25) is 0 Å². The van der Waals surface area contributed by atoms with Crippen LogP contribution in [-0.2, 0) is 0 Å². The Hall–Kier alpha value is -1.16. The summed E-state index contributed by atoms with van der Waals surface area (Å²) in [5, 5.41) is 0. The molecule has 0 bridgehead atoms. The van der Waals surface area contributed by atoms with E-state index in [9.17, 15) is 0 Å². The topological polar surface area (TPSA) is 42.1 Å². The summed E-state index contributed by atoms with van der Waals surface area (Å²) in [4.78, 5) is 7.11. The summed E-state index contributed by atoms with van der Waals surface area (Å²) in [7, 11) is 0. The maximum atomic E-state index is 5.55. The van der Waals surface area contributed by atoms with Crippen LogP contribution in [0.5, 0.6) is 0 Å². The SMILES string of the molecule is CC(C)CN(c1ccc(C(N)=S)nc1)C1CC1. The van der Waals surface area contributed by atoms with Crippen molar-refractivity contribution in [3.63, 3.8) is 0 Å². The van der Waals surface area contributed by atoms with Gasteiger partial charge in [-0.1, -0.05) is 26.1 Å². The molecular weight excluding hydrogens is 230 g/mol. The van der Waals surface area contributed by atoms with Crippen molar-refractivity contribution >= 4 is 22.9 Å². The van der Waals surface area contributed by atoms with Crippen molar-refractivity contribution < 1.29 is 0 Å². The molecule has 0 atom stereocenters. The molecule has 0 spiro atoms. The van der Waals surface area contributed by atoms with Gasteiger partial charge < -0.3 is 10.6 Å². The standard InChI is InChI=1S/C13H19N3S/c1-9(2)8-16(10-3-4-10)11-5-6-12(13(14)17)15-7-11/h5-7,9-10H,3-4,8H2,1-2H3,(H2,14,17). The Kier molecular flexibility index (Phi) is 3.62. The molecule has 1 heterocycles. The lowest BCUT2D eigenvalue weighted by Crippen LogP contribution is -2.30. The van der Waals surface area contributed by atoms with Gasteiger partial charge in [-0.25, -0.2) is 0 Å². The smallest absolute Gasteiger partial charge is 0.122 e. The molecule has 2 rings (SSSR count). The highest BCUT2D eigenvalue weighted by Gasteiger charge is 2.29. The highest BCUT2D eigenvalue weighted by Crippen LogP contribution is 2.31. The molecule has 92 valence electrons. The van der Waals surface area contributed by atoms with Crippen LogP contribution in [0.1, 0.15) is 32.4 Å². The zero-order chi connectivity index (χ0) is 12.4. The van der Waals surface area contributed by atoms with Crippen LogP contribution in [0, 0.1) is 5.92 Å². The average molecular weight is 249 g/mol. The fourth-order valence-corrected chi connectivity index (χ4v) is 2.07. The van der Waals surface area contributed by atoms with Crippen LogP contribution >= 0.6 is 12.2 Å². The van der Waals surface area contributed by atoms with Crippen LogP contribution in [0.3, 0.4) is 0 Å². The van der Waals surface area contributed by atoms with Gasteiger partial charge in [-0.05, 0) is 30.9 Å². The zero-order valence-corrected chi connectivity index (χ0v) is 11.2. The molecule has 1 fully saturated rings. The molecule has 0 amide bonds. The number of hydrogen-bond acceptors (Lipinski definition) is 3. The third-order valence-corrected chi connectivity index (χ3v) is 3.09. The minimum Gasteiger partial charge on any atom is -0.388 e. The molecule has 17 heavy (non-hydrogen) atoms. The van der Waals surface area contributed by atoms with Gasteiger partial charge in [0.1, 0.15) is 4.99 Å². The second-order valence-electron chi connectivity index (χ2n) is 5.04. The van der Waals surface area contributed by atoms with E-state index in [1.165, 1.54) is 18.5 Å². The number of nitrogens with zero attached hydrogens (tertiary/aromatic N) is 2. The quantitative estimate of drug-likeness (QED) is 0.813. The summed E-state index contributed by atoms with van der Waals surface area (Å²) in [5.74, 6) is 0.658. The Labute approximate surface area is 108 Å². The van der Waals surface area contributed by atoms with E-state index in [0.29, 0.717) is 22.6 Å². The molecule has 0 unspecified atom stereocenters. The summed E-state index contributed by atoms with van der Waals surface area (Å²) in [6, 6.07) is 4.69. The number of hydrogen-bond donors (Lipinski definition) is 1. The number of anilines is 1. The van der Waals surface area contributed by atoms with E-state index in [1.807, 2.05) is 12.3 Å². The molecule has 1 saturated carbocycles. The fourth-order valence-electron chi connectivity index (χ4n) is 1.95. The van der Waals surface area contributed by atoms with Crippen molar-refractivity contribution in [2.45, 2.75) is 32.7 Å². The van der Waals surface area contributed by atoms with E-state index >= 15 is 0 Å². The predicted molar refractivity (Wildman–Crippen MR) is 75.3 cm³/mol. The molecule has 0 aromatic carbocycles. The highest BCUT2D eigenvalue weighted by atomic mass is 32.1. The predicted octanol–water partition coefficient (Wildman–Crippen LogP) is 2.34. The van der Waals surface area contributed by atoms with Gasteiger partial charge in [-0.3, -0.25) is 4.98 Å². The number of aromatic nitrogens is 1. The Morgan fingerprint density at radius 2 is 2.24 bits per heavy atom. The molecule has 1 aliphatic carbocycles. The van der Waals surface area contributed by atoms with E-state index in [2.05, 4.69) is 29.8 Å². The monoisotopic (exact) mass is 249 g/mol. The Balaban J connectivity index is 2.15. The Morgan fingerprint density at radius 1 is 1.53 bits per heavy atom. The van der Waals surface area contributed by atoms with Crippen LogP contribution in [0.2, 0.25) is 0 Å². The largest absolute Gasteiger partial charge is 0.388 e. The highest BCUT2D eigenvalue weighted by molar-refractivity contribution is 7.80. The van der Waals surface area contributed by atoms with E-state index in [4.69, 9.17) is 18.0 Å². The van der Waals surface area contributed by atoms with Crippen LogP contribution < -0.4 is 10.6 Å². The first-order chi connectivity index (χ1) is 8.08. The molecule has 0 saturated heterocycles. The molecule has 1 aromatic rings. The lowest BCUT2D eigenvalue weighted by Gasteiger charge is -2.26. The van der Waals surface area contributed by atoms with Crippen molar-refractivity contribution in [3.8, 4) is 0 Å². The number of rotatable bonds is 5. The van der Waals surface area contributed by atoms with Crippen LogP contribution in [0.15, 0.2) is 18.3 Å². The van der Waals surface area contributed by atoms with E-state index < -0.39 is 0 Å². The maximum absolute atomic E-state index is 5.55. The lowest BCUT2D eigenvalue weighted by atomic mass is 10.2.